The smallest absolute Gasteiger partial charge is 0.310 e. The molecule has 0 radical (unpaired) electrons. The highest BCUT2D eigenvalue weighted by Crippen LogP contribution is 2.20. The van der Waals surface area contributed by atoms with E-state index in [4.69, 9.17) is 9.47 Å². The third-order valence-corrected chi connectivity index (χ3v) is 3.63. The second kappa shape index (κ2) is 6.20. The van der Waals surface area contributed by atoms with Crippen molar-refractivity contribution < 1.29 is 14.3 Å². The molecule has 0 spiro atoms. The molecule has 0 aromatic rings. The summed E-state index contributed by atoms with van der Waals surface area (Å²) in [5.41, 5.74) is -0.400. The van der Waals surface area contributed by atoms with E-state index < -0.39 is 5.60 Å². The minimum atomic E-state index is -0.400. The van der Waals surface area contributed by atoms with Crippen LogP contribution in [0.2, 0.25) is 0 Å². The van der Waals surface area contributed by atoms with E-state index in [1.165, 1.54) is 0 Å². The summed E-state index contributed by atoms with van der Waals surface area (Å²) in [7, 11) is 0. The Morgan fingerprint density at radius 3 is 2.58 bits per heavy atom. The van der Waals surface area contributed by atoms with Crippen molar-refractivity contribution in [1.82, 2.24) is 10.2 Å². The molecule has 0 aliphatic carbocycles. The van der Waals surface area contributed by atoms with Gasteiger partial charge in [0.05, 0.1) is 19.1 Å². The van der Waals surface area contributed by atoms with Crippen LogP contribution in [-0.4, -0.2) is 61.9 Å². The lowest BCUT2D eigenvalue weighted by atomic mass is 9.94. The lowest BCUT2D eigenvalue weighted by molar-refractivity contribution is -0.161. The number of ether oxygens (including phenoxy) is 2. The molecule has 0 bridgehead atoms. The van der Waals surface area contributed by atoms with Crippen LogP contribution in [0.15, 0.2) is 0 Å². The van der Waals surface area contributed by atoms with Gasteiger partial charge in [0.25, 0.3) is 0 Å². The fourth-order valence-corrected chi connectivity index (χ4v) is 2.70. The molecular formula is C14H26N2O3. The number of nitrogens with zero attached hydrogens (tertiary/aromatic N) is 1. The van der Waals surface area contributed by atoms with Crippen molar-refractivity contribution in [2.24, 2.45) is 5.92 Å². The third kappa shape index (κ3) is 4.44. The van der Waals surface area contributed by atoms with Crippen LogP contribution in [0.3, 0.4) is 0 Å². The lowest BCUT2D eigenvalue weighted by Gasteiger charge is -2.39. The van der Waals surface area contributed by atoms with E-state index in [9.17, 15) is 4.79 Å². The van der Waals surface area contributed by atoms with Crippen LogP contribution in [0, 0.1) is 5.92 Å². The van der Waals surface area contributed by atoms with Crippen molar-refractivity contribution >= 4 is 5.97 Å². The SMILES string of the molecule is CC(C)(C)OC(=O)[C@H]1CNC[C@@H](N2CCOCC2)C1. The molecule has 0 saturated carbocycles. The predicted molar refractivity (Wildman–Crippen MR) is 73.0 cm³/mol. The van der Waals surface area contributed by atoms with Gasteiger partial charge in [-0.1, -0.05) is 0 Å². The first kappa shape index (κ1) is 14.8. The van der Waals surface area contributed by atoms with Gasteiger partial charge in [0.1, 0.15) is 5.60 Å². The summed E-state index contributed by atoms with van der Waals surface area (Å²) < 4.78 is 10.9. The fraction of sp³-hybridized carbons (Fsp3) is 0.929. The maximum atomic E-state index is 12.1. The van der Waals surface area contributed by atoms with Gasteiger partial charge in [0, 0.05) is 32.2 Å². The molecular weight excluding hydrogens is 244 g/mol. The number of morpholine rings is 1. The van der Waals surface area contributed by atoms with Gasteiger partial charge in [-0.3, -0.25) is 9.69 Å². The van der Waals surface area contributed by atoms with E-state index in [2.05, 4.69) is 10.2 Å². The van der Waals surface area contributed by atoms with Crippen molar-refractivity contribution in [3.8, 4) is 0 Å². The van der Waals surface area contributed by atoms with Crippen LogP contribution in [0.5, 0.6) is 0 Å². The molecule has 2 atom stereocenters. The van der Waals surface area contributed by atoms with Crippen molar-refractivity contribution in [3.63, 3.8) is 0 Å². The Balaban J connectivity index is 1.87. The molecule has 5 heteroatoms. The van der Waals surface area contributed by atoms with Gasteiger partial charge in [0.2, 0.25) is 0 Å². The number of hydrogen-bond acceptors (Lipinski definition) is 5. The van der Waals surface area contributed by atoms with Crippen molar-refractivity contribution in [2.45, 2.75) is 38.8 Å². The van der Waals surface area contributed by atoms with Gasteiger partial charge in [-0.15, -0.1) is 0 Å². The molecule has 19 heavy (non-hydrogen) atoms. The van der Waals surface area contributed by atoms with Crippen LogP contribution in [0.25, 0.3) is 0 Å². The van der Waals surface area contributed by atoms with E-state index in [-0.39, 0.29) is 11.9 Å². The second-order valence-corrected chi connectivity index (χ2v) is 6.43. The highest BCUT2D eigenvalue weighted by Gasteiger charge is 2.33. The maximum absolute atomic E-state index is 12.1. The maximum Gasteiger partial charge on any atom is 0.310 e. The zero-order valence-corrected chi connectivity index (χ0v) is 12.3. The summed E-state index contributed by atoms with van der Waals surface area (Å²) in [6.45, 7) is 11.0. The first-order valence-corrected chi connectivity index (χ1v) is 7.21. The molecule has 2 saturated heterocycles. The minimum Gasteiger partial charge on any atom is -0.460 e. The molecule has 0 aromatic heterocycles. The van der Waals surface area contributed by atoms with Crippen molar-refractivity contribution in [2.75, 3.05) is 39.4 Å². The summed E-state index contributed by atoms with van der Waals surface area (Å²) in [5, 5.41) is 3.37. The monoisotopic (exact) mass is 270 g/mol. The number of carbonyl (C=O) groups is 1. The highest BCUT2D eigenvalue weighted by molar-refractivity contribution is 5.73. The summed E-state index contributed by atoms with van der Waals surface area (Å²) in [6.07, 6.45) is 0.891. The number of hydrogen-bond donors (Lipinski definition) is 1. The van der Waals surface area contributed by atoms with Crippen LogP contribution >= 0.6 is 0 Å². The number of esters is 1. The molecule has 1 N–H and O–H groups in total. The molecule has 2 rings (SSSR count). The normalized spacial score (nSPS) is 30.1. The van der Waals surface area contributed by atoms with E-state index in [0.717, 1.165) is 45.8 Å². The first-order valence-electron chi connectivity index (χ1n) is 7.21. The molecule has 2 aliphatic rings. The molecule has 2 aliphatic heterocycles. The van der Waals surface area contributed by atoms with E-state index in [1.54, 1.807) is 0 Å². The Morgan fingerprint density at radius 1 is 1.26 bits per heavy atom. The summed E-state index contributed by atoms with van der Waals surface area (Å²) in [6, 6.07) is 0.426. The van der Waals surface area contributed by atoms with E-state index in [0.29, 0.717) is 6.04 Å². The summed E-state index contributed by atoms with van der Waals surface area (Å²) in [4.78, 5) is 14.6. The largest absolute Gasteiger partial charge is 0.460 e. The summed E-state index contributed by atoms with van der Waals surface area (Å²) >= 11 is 0. The molecule has 0 unspecified atom stereocenters. The number of piperidine rings is 1. The average molecular weight is 270 g/mol. The second-order valence-electron chi connectivity index (χ2n) is 6.43. The van der Waals surface area contributed by atoms with Crippen LogP contribution in [0.1, 0.15) is 27.2 Å². The summed E-state index contributed by atoms with van der Waals surface area (Å²) in [5.74, 6) is -0.0984. The molecule has 2 heterocycles. The van der Waals surface area contributed by atoms with Gasteiger partial charge in [-0.25, -0.2) is 0 Å². The lowest BCUT2D eigenvalue weighted by Crippen LogP contribution is -2.54. The van der Waals surface area contributed by atoms with Crippen molar-refractivity contribution in [3.05, 3.63) is 0 Å². The Labute approximate surface area is 115 Å². The van der Waals surface area contributed by atoms with Crippen molar-refractivity contribution in [1.29, 1.82) is 0 Å². The van der Waals surface area contributed by atoms with Gasteiger partial charge in [-0.2, -0.15) is 0 Å². The molecule has 0 aromatic carbocycles. The van der Waals surface area contributed by atoms with Gasteiger partial charge < -0.3 is 14.8 Å². The van der Waals surface area contributed by atoms with Gasteiger partial charge in [-0.05, 0) is 27.2 Å². The Kier molecular flexibility index (Phi) is 4.81. The number of carbonyl (C=O) groups excluding carboxylic acids is 1. The topological polar surface area (TPSA) is 50.8 Å². The van der Waals surface area contributed by atoms with E-state index in [1.807, 2.05) is 20.8 Å². The first-order chi connectivity index (χ1) is 8.96. The van der Waals surface area contributed by atoms with Crippen LogP contribution < -0.4 is 5.32 Å². The Morgan fingerprint density at radius 2 is 1.95 bits per heavy atom. The number of nitrogens with one attached hydrogen (secondary N) is 1. The van der Waals surface area contributed by atoms with Crippen LogP contribution in [-0.2, 0) is 14.3 Å². The molecule has 5 nitrogen and oxygen atoms in total. The van der Waals surface area contributed by atoms with Gasteiger partial charge >= 0.3 is 5.97 Å². The molecule has 110 valence electrons. The predicted octanol–water partition coefficient (Wildman–Crippen LogP) is 0.638. The zero-order chi connectivity index (χ0) is 13.9. The highest BCUT2D eigenvalue weighted by atomic mass is 16.6. The Hall–Kier alpha value is -0.650. The average Bonchev–Trinajstić information content (AvgIpc) is 2.38. The Bertz CT molecular complexity index is 308. The zero-order valence-electron chi connectivity index (χ0n) is 12.3. The van der Waals surface area contributed by atoms with Gasteiger partial charge in [0.15, 0.2) is 0 Å². The van der Waals surface area contributed by atoms with Crippen LogP contribution in [0.4, 0.5) is 0 Å². The number of rotatable bonds is 2. The standard InChI is InChI=1S/C14H26N2O3/c1-14(2,3)19-13(17)11-8-12(10-15-9-11)16-4-6-18-7-5-16/h11-12,15H,4-10H2,1-3H3/t11-,12+/m1/s1. The molecule has 0 amide bonds. The quantitative estimate of drug-likeness (QED) is 0.746. The third-order valence-electron chi connectivity index (χ3n) is 3.63. The minimum absolute atomic E-state index is 0.0270. The fourth-order valence-electron chi connectivity index (χ4n) is 2.70. The van der Waals surface area contributed by atoms with E-state index >= 15 is 0 Å². The molecule has 2 fully saturated rings.